The third kappa shape index (κ3) is 6.26. The second-order valence-electron chi connectivity index (χ2n) is 12.1. The molecule has 2 aromatic rings. The van der Waals surface area contributed by atoms with E-state index in [1.165, 1.54) is 30.2 Å². The average molecular weight is 617 g/mol. The molecule has 0 aliphatic carbocycles. The summed E-state index contributed by atoms with van der Waals surface area (Å²) in [6.45, 7) is 7.66. The number of methoxy groups -OCH3 is 1. The van der Waals surface area contributed by atoms with Crippen molar-refractivity contribution in [3.05, 3.63) is 47.5 Å². The standard InChI is InChI=1S/C34H46F2N2O6/c1-4-6-17-43-32(44-18-7-5-2)23-11-15-37(16-12-23)28-22-29(41-3)24(21-26(28)36)31-34(13-19-42-20-14-34)33(40)38(31)27-10-8-9-25(35)30(27)39/h8-10,21-23,31-32,39H,4-7,11-20H2,1-3H3. The first-order valence-electron chi connectivity index (χ1n) is 16.1. The summed E-state index contributed by atoms with van der Waals surface area (Å²) in [5.41, 5.74) is 0.123. The molecule has 1 N–H and O–H groups in total. The molecule has 0 radical (unpaired) electrons. The lowest BCUT2D eigenvalue weighted by atomic mass is 9.62. The van der Waals surface area contributed by atoms with E-state index in [1.54, 1.807) is 6.07 Å². The van der Waals surface area contributed by atoms with E-state index in [2.05, 4.69) is 13.8 Å². The third-order valence-electron chi connectivity index (χ3n) is 9.46. The Morgan fingerprint density at radius 2 is 1.66 bits per heavy atom. The van der Waals surface area contributed by atoms with E-state index in [0.29, 0.717) is 69.4 Å². The normalized spacial score (nSPS) is 20.4. The number of unbranched alkanes of at least 4 members (excludes halogenated alkanes) is 2. The number of ether oxygens (including phenoxy) is 4. The number of phenolic OH excluding ortho intramolecular Hbond substituents is 1. The van der Waals surface area contributed by atoms with E-state index in [4.69, 9.17) is 18.9 Å². The Bertz CT molecular complexity index is 1270. The maximum Gasteiger partial charge on any atom is 0.236 e. The molecule has 1 unspecified atom stereocenters. The van der Waals surface area contributed by atoms with Crippen molar-refractivity contribution >= 4 is 17.3 Å². The number of aromatic hydroxyl groups is 1. The highest BCUT2D eigenvalue weighted by atomic mass is 19.1. The number of amides is 1. The number of nitrogens with zero attached hydrogens (tertiary/aromatic N) is 2. The molecule has 2 aromatic carbocycles. The van der Waals surface area contributed by atoms with E-state index in [-0.39, 0.29) is 23.8 Å². The Hall–Kier alpha value is -2.95. The van der Waals surface area contributed by atoms with Gasteiger partial charge in [0.2, 0.25) is 5.91 Å². The molecule has 3 fully saturated rings. The van der Waals surface area contributed by atoms with Crippen molar-refractivity contribution in [2.24, 2.45) is 11.3 Å². The van der Waals surface area contributed by atoms with Crippen molar-refractivity contribution in [2.45, 2.75) is 77.5 Å². The topological polar surface area (TPSA) is 80.7 Å². The Labute approximate surface area is 259 Å². The smallest absolute Gasteiger partial charge is 0.236 e. The summed E-state index contributed by atoms with van der Waals surface area (Å²) in [6.07, 6.45) is 6.31. The summed E-state index contributed by atoms with van der Waals surface area (Å²) in [5.74, 6) is -1.42. The van der Waals surface area contributed by atoms with E-state index < -0.39 is 28.8 Å². The minimum Gasteiger partial charge on any atom is -0.503 e. The van der Waals surface area contributed by atoms with Crippen molar-refractivity contribution in [1.29, 1.82) is 0 Å². The van der Waals surface area contributed by atoms with Gasteiger partial charge in [-0.1, -0.05) is 32.8 Å². The van der Waals surface area contributed by atoms with Crippen LogP contribution in [-0.4, -0.2) is 63.9 Å². The van der Waals surface area contributed by atoms with E-state index in [9.17, 15) is 14.3 Å². The van der Waals surface area contributed by atoms with Gasteiger partial charge in [-0.15, -0.1) is 0 Å². The van der Waals surface area contributed by atoms with Crippen LogP contribution in [0, 0.1) is 23.0 Å². The Morgan fingerprint density at radius 3 is 2.27 bits per heavy atom. The number of benzene rings is 2. The van der Waals surface area contributed by atoms with Crippen LogP contribution in [0.2, 0.25) is 0 Å². The first-order chi connectivity index (χ1) is 21.4. The second-order valence-corrected chi connectivity index (χ2v) is 12.1. The summed E-state index contributed by atoms with van der Waals surface area (Å²) in [5, 5.41) is 10.6. The Morgan fingerprint density at radius 1 is 1.00 bits per heavy atom. The molecular weight excluding hydrogens is 570 g/mol. The lowest BCUT2D eigenvalue weighted by Gasteiger charge is -2.57. The Balaban J connectivity index is 1.39. The number of para-hydroxylation sites is 1. The SMILES string of the molecule is CCCCOC(OCCCC)C1CCN(c2cc(OC)c(C3N(c4cccc(F)c4O)C(=O)C34CCOCC4)cc2F)CC1. The van der Waals surface area contributed by atoms with Crippen LogP contribution in [-0.2, 0) is 19.0 Å². The average Bonchev–Trinajstić information content (AvgIpc) is 3.05. The van der Waals surface area contributed by atoms with Crippen LogP contribution in [0.3, 0.4) is 0 Å². The molecule has 10 heteroatoms. The molecule has 0 saturated carbocycles. The van der Waals surface area contributed by atoms with Crippen molar-refractivity contribution < 1.29 is 37.6 Å². The highest BCUT2D eigenvalue weighted by molar-refractivity contribution is 6.07. The number of carbonyl (C=O) groups excluding carboxylic acids is 1. The zero-order valence-corrected chi connectivity index (χ0v) is 26.2. The number of β-lactam (4-membered cyclic amide) rings is 1. The van der Waals surface area contributed by atoms with E-state index in [0.717, 1.165) is 44.6 Å². The van der Waals surface area contributed by atoms with Gasteiger partial charge in [0.1, 0.15) is 11.6 Å². The molecule has 3 aliphatic heterocycles. The van der Waals surface area contributed by atoms with Crippen molar-refractivity contribution in [3.63, 3.8) is 0 Å². The van der Waals surface area contributed by atoms with Gasteiger partial charge in [0, 0.05) is 57.1 Å². The minimum atomic E-state index is -0.860. The number of carbonyl (C=O) groups is 1. The molecule has 8 nitrogen and oxygen atoms in total. The number of rotatable bonds is 13. The summed E-state index contributed by atoms with van der Waals surface area (Å²) >= 11 is 0. The molecule has 1 spiro atoms. The molecule has 3 saturated heterocycles. The number of hydrogen-bond donors (Lipinski definition) is 1. The Kier molecular flexibility index (Phi) is 10.6. The molecule has 3 aliphatic rings. The van der Waals surface area contributed by atoms with Crippen molar-refractivity contribution in [2.75, 3.05) is 56.4 Å². The first-order valence-corrected chi connectivity index (χ1v) is 16.1. The summed E-state index contributed by atoms with van der Waals surface area (Å²) < 4.78 is 54.1. The zero-order valence-electron chi connectivity index (χ0n) is 26.2. The number of hydrogen-bond acceptors (Lipinski definition) is 7. The molecule has 242 valence electrons. The van der Waals surface area contributed by atoms with Crippen LogP contribution in [0.15, 0.2) is 30.3 Å². The summed E-state index contributed by atoms with van der Waals surface area (Å²) in [6, 6.07) is 6.58. The van der Waals surface area contributed by atoms with Gasteiger partial charge in [0.15, 0.2) is 17.9 Å². The largest absolute Gasteiger partial charge is 0.503 e. The maximum absolute atomic E-state index is 16.1. The van der Waals surface area contributed by atoms with Gasteiger partial charge in [-0.05, 0) is 56.7 Å². The lowest BCUT2D eigenvalue weighted by Crippen LogP contribution is -2.65. The van der Waals surface area contributed by atoms with Gasteiger partial charge >= 0.3 is 0 Å². The quantitative estimate of drug-likeness (QED) is 0.152. The second kappa shape index (κ2) is 14.4. The van der Waals surface area contributed by atoms with Crippen LogP contribution in [0.5, 0.6) is 11.5 Å². The molecule has 1 amide bonds. The predicted molar refractivity (Wildman–Crippen MR) is 164 cm³/mol. The zero-order chi connectivity index (χ0) is 31.3. The van der Waals surface area contributed by atoms with Gasteiger partial charge in [-0.25, -0.2) is 8.78 Å². The maximum atomic E-state index is 16.1. The van der Waals surface area contributed by atoms with Crippen molar-refractivity contribution in [3.8, 4) is 11.5 Å². The molecule has 0 bridgehead atoms. The van der Waals surface area contributed by atoms with Gasteiger partial charge in [0.25, 0.3) is 0 Å². The number of phenols is 1. The molecule has 44 heavy (non-hydrogen) atoms. The number of anilines is 2. The fourth-order valence-corrected chi connectivity index (χ4v) is 6.87. The number of piperidine rings is 1. The lowest BCUT2D eigenvalue weighted by molar-refractivity contribution is -0.177. The molecule has 5 rings (SSSR count). The van der Waals surface area contributed by atoms with Gasteiger partial charge in [0.05, 0.1) is 29.9 Å². The highest BCUT2D eigenvalue weighted by Gasteiger charge is 2.63. The molecule has 0 aromatic heterocycles. The number of halogens is 2. The van der Waals surface area contributed by atoms with E-state index in [1.807, 2.05) is 4.90 Å². The molecular formula is C34H46F2N2O6. The van der Waals surface area contributed by atoms with Gasteiger partial charge in [-0.2, -0.15) is 0 Å². The van der Waals surface area contributed by atoms with Crippen LogP contribution in [0.25, 0.3) is 0 Å². The van der Waals surface area contributed by atoms with E-state index >= 15 is 4.39 Å². The monoisotopic (exact) mass is 616 g/mol. The first kappa shape index (κ1) is 32.4. The van der Waals surface area contributed by atoms with Crippen LogP contribution in [0.4, 0.5) is 20.2 Å². The third-order valence-corrected chi connectivity index (χ3v) is 9.46. The van der Waals surface area contributed by atoms with Gasteiger partial charge in [-0.3, -0.25) is 9.69 Å². The van der Waals surface area contributed by atoms with Crippen molar-refractivity contribution in [1.82, 2.24) is 0 Å². The fourth-order valence-electron chi connectivity index (χ4n) is 6.87. The fraction of sp³-hybridized carbons (Fsp3) is 0.618. The summed E-state index contributed by atoms with van der Waals surface area (Å²) in [7, 11) is 1.53. The van der Waals surface area contributed by atoms with Crippen LogP contribution in [0.1, 0.15) is 76.8 Å². The predicted octanol–water partition coefficient (Wildman–Crippen LogP) is 6.74. The van der Waals surface area contributed by atoms with Crippen LogP contribution >= 0.6 is 0 Å². The highest BCUT2D eigenvalue weighted by Crippen LogP contribution is 2.60. The molecule has 1 atom stereocenters. The van der Waals surface area contributed by atoms with Crippen LogP contribution < -0.4 is 14.5 Å². The van der Waals surface area contributed by atoms with Gasteiger partial charge < -0.3 is 29.0 Å². The molecule has 3 heterocycles. The minimum absolute atomic E-state index is 0.0580. The summed E-state index contributed by atoms with van der Waals surface area (Å²) in [4.78, 5) is 17.1.